The minimum Gasteiger partial charge on any atom is -0.496 e. The van der Waals surface area contributed by atoms with Crippen LogP contribution in [0.2, 0.25) is 0 Å². The van der Waals surface area contributed by atoms with Crippen LogP contribution < -0.4 is 14.2 Å². The molecular weight excluding hydrogens is 184 g/mol. The first-order valence-electron chi connectivity index (χ1n) is 4.33. The highest BCUT2D eigenvalue weighted by atomic mass is 16.5. The van der Waals surface area contributed by atoms with Crippen molar-refractivity contribution >= 4 is 0 Å². The number of methoxy groups -OCH3 is 2. The largest absolute Gasteiger partial charge is 0.496 e. The zero-order valence-corrected chi connectivity index (χ0v) is 8.11. The molecule has 0 bridgehead atoms. The topological polar surface area (TPSA) is 47.9 Å². The van der Waals surface area contributed by atoms with Gasteiger partial charge in [-0.25, -0.2) is 0 Å². The predicted octanol–water partition coefficient (Wildman–Crippen LogP) is 1.13. The van der Waals surface area contributed by atoms with Crippen LogP contribution >= 0.6 is 0 Å². The average Bonchev–Trinajstić information content (AvgIpc) is 2.59. The van der Waals surface area contributed by atoms with E-state index in [0.29, 0.717) is 22.8 Å². The first kappa shape index (κ1) is 9.15. The first-order chi connectivity index (χ1) is 6.76. The molecule has 1 atom stereocenters. The third kappa shape index (κ3) is 1.28. The zero-order valence-electron chi connectivity index (χ0n) is 8.11. The van der Waals surface area contributed by atoms with Crippen molar-refractivity contribution in [3.05, 3.63) is 17.7 Å². The summed E-state index contributed by atoms with van der Waals surface area (Å²) in [5, 5.41) is 9.61. The van der Waals surface area contributed by atoms with Crippen molar-refractivity contribution < 1.29 is 19.3 Å². The Morgan fingerprint density at radius 3 is 2.79 bits per heavy atom. The number of hydrogen-bond acceptors (Lipinski definition) is 4. The molecule has 14 heavy (non-hydrogen) atoms. The average molecular weight is 196 g/mol. The quantitative estimate of drug-likeness (QED) is 0.770. The number of rotatable bonds is 2. The van der Waals surface area contributed by atoms with Crippen molar-refractivity contribution in [3.8, 4) is 17.2 Å². The van der Waals surface area contributed by atoms with E-state index in [2.05, 4.69) is 0 Å². The Hall–Kier alpha value is -1.42. The molecule has 1 N–H and O–H groups in total. The molecule has 2 rings (SSSR count). The minimum atomic E-state index is -0.606. The lowest BCUT2D eigenvalue weighted by Gasteiger charge is -2.09. The molecule has 1 unspecified atom stereocenters. The molecule has 1 aromatic carbocycles. The zero-order chi connectivity index (χ0) is 10.1. The Morgan fingerprint density at radius 1 is 1.36 bits per heavy atom. The van der Waals surface area contributed by atoms with E-state index >= 15 is 0 Å². The maximum Gasteiger partial charge on any atom is 0.132 e. The molecule has 1 aliphatic heterocycles. The maximum absolute atomic E-state index is 9.61. The Morgan fingerprint density at radius 2 is 2.14 bits per heavy atom. The van der Waals surface area contributed by atoms with Gasteiger partial charge in [-0.2, -0.15) is 0 Å². The Labute approximate surface area is 82.0 Å². The maximum atomic E-state index is 9.61. The molecule has 76 valence electrons. The summed E-state index contributed by atoms with van der Waals surface area (Å²) in [6.07, 6.45) is -0.606. The molecule has 0 saturated carbocycles. The normalized spacial score (nSPS) is 18.6. The molecule has 0 saturated heterocycles. The van der Waals surface area contributed by atoms with Gasteiger partial charge in [0.1, 0.15) is 30.0 Å². The summed E-state index contributed by atoms with van der Waals surface area (Å²) in [5.74, 6) is 1.90. The van der Waals surface area contributed by atoms with Gasteiger partial charge >= 0.3 is 0 Å². The standard InChI is InChI=1S/C10H12O4/c1-12-6-3-8(13-2)10-7(11)5-14-9(10)4-6/h3-4,7,11H,5H2,1-2H3. The molecule has 0 radical (unpaired) electrons. The van der Waals surface area contributed by atoms with Gasteiger partial charge in [-0.1, -0.05) is 0 Å². The van der Waals surface area contributed by atoms with Gasteiger partial charge in [0.2, 0.25) is 0 Å². The van der Waals surface area contributed by atoms with E-state index in [-0.39, 0.29) is 6.61 Å². The third-order valence-electron chi connectivity index (χ3n) is 2.26. The van der Waals surface area contributed by atoms with Crippen LogP contribution in [0, 0.1) is 0 Å². The van der Waals surface area contributed by atoms with Crippen LogP contribution in [0.4, 0.5) is 0 Å². The first-order valence-corrected chi connectivity index (χ1v) is 4.33. The molecular formula is C10H12O4. The Kier molecular flexibility index (Phi) is 2.21. The second-order valence-electron chi connectivity index (χ2n) is 3.07. The molecule has 0 fully saturated rings. The molecule has 0 aliphatic carbocycles. The molecule has 0 aromatic heterocycles. The van der Waals surface area contributed by atoms with Crippen LogP contribution in [0.15, 0.2) is 12.1 Å². The van der Waals surface area contributed by atoms with Crippen LogP contribution in [0.5, 0.6) is 17.2 Å². The van der Waals surface area contributed by atoms with Crippen molar-refractivity contribution in [1.82, 2.24) is 0 Å². The summed E-state index contributed by atoms with van der Waals surface area (Å²) in [5.41, 5.74) is 0.702. The summed E-state index contributed by atoms with van der Waals surface area (Å²) in [6, 6.07) is 3.48. The molecule has 4 heteroatoms. The van der Waals surface area contributed by atoms with E-state index in [1.165, 1.54) is 0 Å². The molecule has 1 aliphatic rings. The van der Waals surface area contributed by atoms with Gasteiger partial charge in [-0.05, 0) is 0 Å². The van der Waals surface area contributed by atoms with Gasteiger partial charge in [0.15, 0.2) is 0 Å². The van der Waals surface area contributed by atoms with Crippen LogP contribution in [0.25, 0.3) is 0 Å². The fourth-order valence-electron chi connectivity index (χ4n) is 1.56. The lowest BCUT2D eigenvalue weighted by atomic mass is 10.1. The van der Waals surface area contributed by atoms with E-state index < -0.39 is 6.10 Å². The summed E-state index contributed by atoms with van der Waals surface area (Å²) < 4.78 is 15.5. The van der Waals surface area contributed by atoms with Gasteiger partial charge in [0.05, 0.1) is 19.8 Å². The second kappa shape index (κ2) is 3.38. The highest BCUT2D eigenvalue weighted by Gasteiger charge is 2.27. The monoisotopic (exact) mass is 196 g/mol. The minimum absolute atomic E-state index is 0.277. The summed E-state index contributed by atoms with van der Waals surface area (Å²) >= 11 is 0. The number of fused-ring (bicyclic) bond motifs is 1. The van der Waals surface area contributed by atoms with Gasteiger partial charge in [-0.15, -0.1) is 0 Å². The lowest BCUT2D eigenvalue weighted by Crippen LogP contribution is -1.99. The summed E-state index contributed by atoms with van der Waals surface area (Å²) in [7, 11) is 3.13. The van der Waals surface area contributed by atoms with E-state index in [4.69, 9.17) is 14.2 Å². The van der Waals surface area contributed by atoms with Crippen molar-refractivity contribution in [3.63, 3.8) is 0 Å². The smallest absolute Gasteiger partial charge is 0.132 e. The van der Waals surface area contributed by atoms with Crippen molar-refractivity contribution in [2.75, 3.05) is 20.8 Å². The molecule has 0 amide bonds. The number of benzene rings is 1. The number of ether oxygens (including phenoxy) is 3. The summed E-state index contributed by atoms with van der Waals surface area (Å²) in [6.45, 7) is 0.277. The fourth-order valence-corrected chi connectivity index (χ4v) is 1.56. The lowest BCUT2D eigenvalue weighted by molar-refractivity contribution is 0.138. The van der Waals surface area contributed by atoms with Gasteiger partial charge in [0, 0.05) is 12.1 Å². The van der Waals surface area contributed by atoms with E-state index in [1.807, 2.05) is 0 Å². The molecule has 0 spiro atoms. The Bertz CT molecular complexity index is 348. The van der Waals surface area contributed by atoms with Crippen LogP contribution in [0.3, 0.4) is 0 Å². The van der Waals surface area contributed by atoms with Crippen LogP contribution in [-0.2, 0) is 0 Å². The SMILES string of the molecule is COc1cc(OC)c2c(c1)OCC2O. The van der Waals surface area contributed by atoms with E-state index in [9.17, 15) is 5.11 Å². The van der Waals surface area contributed by atoms with E-state index in [1.54, 1.807) is 26.4 Å². The van der Waals surface area contributed by atoms with E-state index in [0.717, 1.165) is 0 Å². The van der Waals surface area contributed by atoms with Gasteiger partial charge < -0.3 is 19.3 Å². The van der Waals surface area contributed by atoms with Gasteiger partial charge in [0.25, 0.3) is 0 Å². The second-order valence-corrected chi connectivity index (χ2v) is 3.07. The predicted molar refractivity (Wildman–Crippen MR) is 50.0 cm³/mol. The molecule has 4 nitrogen and oxygen atoms in total. The highest BCUT2D eigenvalue weighted by Crippen LogP contribution is 2.42. The van der Waals surface area contributed by atoms with Crippen LogP contribution in [-0.4, -0.2) is 25.9 Å². The van der Waals surface area contributed by atoms with Gasteiger partial charge in [-0.3, -0.25) is 0 Å². The fraction of sp³-hybridized carbons (Fsp3) is 0.400. The number of hydrogen-bond donors (Lipinski definition) is 1. The van der Waals surface area contributed by atoms with Crippen molar-refractivity contribution in [1.29, 1.82) is 0 Å². The highest BCUT2D eigenvalue weighted by molar-refractivity contribution is 5.53. The van der Waals surface area contributed by atoms with Crippen molar-refractivity contribution in [2.45, 2.75) is 6.10 Å². The number of aliphatic hydroxyl groups excluding tert-OH is 1. The van der Waals surface area contributed by atoms with Crippen molar-refractivity contribution in [2.24, 2.45) is 0 Å². The van der Waals surface area contributed by atoms with Crippen LogP contribution in [0.1, 0.15) is 11.7 Å². The molecule has 1 heterocycles. The molecule has 1 aromatic rings. The Balaban J connectivity index is 2.52. The third-order valence-corrected chi connectivity index (χ3v) is 2.26. The summed E-state index contributed by atoms with van der Waals surface area (Å²) in [4.78, 5) is 0. The number of aliphatic hydroxyl groups is 1.